The maximum absolute atomic E-state index is 12.3. The van der Waals surface area contributed by atoms with Crippen molar-refractivity contribution in [2.75, 3.05) is 13.2 Å². The lowest BCUT2D eigenvalue weighted by molar-refractivity contribution is 0.0826. The average molecular weight is 342 g/mol. The van der Waals surface area contributed by atoms with Gasteiger partial charge in [-0.1, -0.05) is 0 Å². The molecule has 132 valence electrons. The van der Waals surface area contributed by atoms with Crippen LogP contribution in [0.2, 0.25) is 0 Å². The van der Waals surface area contributed by atoms with Crippen LogP contribution in [0, 0.1) is 0 Å². The maximum atomic E-state index is 12.3. The smallest absolute Gasteiger partial charge is 0.271 e. The molecular formula is C17H22N6O2. The van der Waals surface area contributed by atoms with Crippen molar-refractivity contribution in [3.63, 3.8) is 0 Å². The van der Waals surface area contributed by atoms with Gasteiger partial charge in [0.15, 0.2) is 0 Å². The molecule has 2 aliphatic heterocycles. The highest BCUT2D eigenvalue weighted by Gasteiger charge is 2.26. The van der Waals surface area contributed by atoms with E-state index in [1.807, 2.05) is 0 Å². The Balaban J connectivity index is 1.42. The molecule has 8 nitrogen and oxygen atoms in total. The summed E-state index contributed by atoms with van der Waals surface area (Å²) < 4.78 is 7.71. The van der Waals surface area contributed by atoms with Crippen molar-refractivity contribution in [3.05, 3.63) is 35.9 Å². The molecule has 1 atom stereocenters. The van der Waals surface area contributed by atoms with Crippen LogP contribution < -0.4 is 5.32 Å². The molecule has 1 unspecified atom stereocenters. The quantitative estimate of drug-likeness (QED) is 0.897. The van der Waals surface area contributed by atoms with Gasteiger partial charge in [-0.25, -0.2) is 4.98 Å². The van der Waals surface area contributed by atoms with Crippen LogP contribution in [0.5, 0.6) is 0 Å². The molecule has 8 heteroatoms. The van der Waals surface area contributed by atoms with E-state index in [4.69, 9.17) is 4.74 Å². The van der Waals surface area contributed by atoms with Crippen LogP contribution >= 0.6 is 0 Å². The summed E-state index contributed by atoms with van der Waals surface area (Å²) in [5, 5.41) is 11.9. The van der Waals surface area contributed by atoms with Crippen LogP contribution in [-0.2, 0) is 17.7 Å². The summed E-state index contributed by atoms with van der Waals surface area (Å²) in [6.07, 6.45) is 9.14. The standard InChI is InChI=1S/C17H22N6O2/c24-17(14-11-18-6-7-19-14)20-13-1-2-15-21-22-16(23(15)8-3-13)12-4-9-25-10-5-12/h6-7,11-13H,1-5,8-10H2,(H,20,24). The predicted molar refractivity (Wildman–Crippen MR) is 89.0 cm³/mol. The molecular weight excluding hydrogens is 320 g/mol. The molecule has 0 saturated carbocycles. The second kappa shape index (κ2) is 7.26. The molecule has 2 aromatic heterocycles. The Kier molecular flexibility index (Phi) is 4.69. The molecule has 25 heavy (non-hydrogen) atoms. The summed E-state index contributed by atoms with van der Waals surface area (Å²) in [4.78, 5) is 20.3. The van der Waals surface area contributed by atoms with Gasteiger partial charge < -0.3 is 14.6 Å². The number of ether oxygens (including phenoxy) is 1. The number of carbonyl (C=O) groups is 1. The minimum Gasteiger partial charge on any atom is -0.381 e. The van der Waals surface area contributed by atoms with Crippen molar-refractivity contribution in [1.29, 1.82) is 0 Å². The highest BCUT2D eigenvalue weighted by Crippen LogP contribution is 2.27. The lowest BCUT2D eigenvalue weighted by atomic mass is 9.99. The third kappa shape index (κ3) is 3.53. The Morgan fingerprint density at radius 3 is 2.84 bits per heavy atom. The van der Waals surface area contributed by atoms with Crippen molar-refractivity contribution < 1.29 is 9.53 Å². The summed E-state index contributed by atoms with van der Waals surface area (Å²) >= 11 is 0. The molecule has 1 fully saturated rings. The molecule has 1 amide bonds. The second-order valence-corrected chi connectivity index (χ2v) is 6.60. The third-order valence-electron chi connectivity index (χ3n) is 4.99. The number of aromatic nitrogens is 5. The van der Waals surface area contributed by atoms with Gasteiger partial charge >= 0.3 is 0 Å². The molecule has 2 aliphatic rings. The molecule has 0 bridgehead atoms. The molecule has 2 aromatic rings. The van der Waals surface area contributed by atoms with Crippen molar-refractivity contribution in [2.45, 2.75) is 50.6 Å². The molecule has 0 aliphatic carbocycles. The van der Waals surface area contributed by atoms with Crippen LogP contribution in [0.4, 0.5) is 0 Å². The monoisotopic (exact) mass is 342 g/mol. The maximum Gasteiger partial charge on any atom is 0.271 e. The van der Waals surface area contributed by atoms with Gasteiger partial charge in [-0.2, -0.15) is 0 Å². The van der Waals surface area contributed by atoms with E-state index in [0.717, 1.165) is 63.5 Å². The van der Waals surface area contributed by atoms with E-state index in [-0.39, 0.29) is 11.9 Å². The number of carbonyl (C=O) groups excluding carboxylic acids is 1. The van der Waals surface area contributed by atoms with E-state index < -0.39 is 0 Å². The zero-order chi connectivity index (χ0) is 17.1. The number of hydrogen-bond donors (Lipinski definition) is 1. The molecule has 1 saturated heterocycles. The Morgan fingerprint density at radius 2 is 2.04 bits per heavy atom. The van der Waals surface area contributed by atoms with Gasteiger partial charge in [0.1, 0.15) is 17.3 Å². The highest BCUT2D eigenvalue weighted by molar-refractivity contribution is 5.92. The number of hydrogen-bond acceptors (Lipinski definition) is 6. The second-order valence-electron chi connectivity index (χ2n) is 6.60. The van der Waals surface area contributed by atoms with Crippen molar-refractivity contribution in [3.8, 4) is 0 Å². The number of fused-ring (bicyclic) bond motifs is 1. The van der Waals surface area contributed by atoms with Gasteiger partial charge in [0.2, 0.25) is 0 Å². The lowest BCUT2D eigenvalue weighted by Crippen LogP contribution is -2.35. The number of nitrogens with zero attached hydrogens (tertiary/aromatic N) is 5. The van der Waals surface area contributed by atoms with Crippen molar-refractivity contribution >= 4 is 5.91 Å². The summed E-state index contributed by atoms with van der Waals surface area (Å²) in [6, 6.07) is 0.110. The molecule has 4 heterocycles. The molecule has 0 spiro atoms. The van der Waals surface area contributed by atoms with Crippen LogP contribution in [-0.4, -0.2) is 49.9 Å². The first kappa shape index (κ1) is 16.1. The van der Waals surface area contributed by atoms with Gasteiger partial charge in [0.05, 0.1) is 6.20 Å². The normalized spacial score (nSPS) is 21.4. The van der Waals surface area contributed by atoms with Gasteiger partial charge in [0.25, 0.3) is 5.91 Å². The Bertz CT molecular complexity index is 726. The Labute approximate surface area is 146 Å². The van der Waals surface area contributed by atoms with Crippen molar-refractivity contribution in [1.82, 2.24) is 30.0 Å². The largest absolute Gasteiger partial charge is 0.381 e. The lowest BCUT2D eigenvalue weighted by Gasteiger charge is -2.22. The van der Waals surface area contributed by atoms with Gasteiger partial charge in [-0.05, 0) is 25.7 Å². The van der Waals surface area contributed by atoms with E-state index >= 15 is 0 Å². The first-order valence-electron chi connectivity index (χ1n) is 8.88. The van der Waals surface area contributed by atoms with E-state index in [2.05, 4.69) is 30.0 Å². The summed E-state index contributed by atoms with van der Waals surface area (Å²) in [7, 11) is 0. The minimum absolute atomic E-state index is 0.110. The van der Waals surface area contributed by atoms with Gasteiger partial charge in [-0.3, -0.25) is 9.78 Å². The first-order chi connectivity index (χ1) is 12.3. The van der Waals surface area contributed by atoms with Gasteiger partial charge in [-0.15, -0.1) is 10.2 Å². The average Bonchev–Trinajstić information content (AvgIpc) is 2.98. The zero-order valence-corrected chi connectivity index (χ0v) is 14.1. The summed E-state index contributed by atoms with van der Waals surface area (Å²) in [5.74, 6) is 2.37. The fourth-order valence-corrected chi connectivity index (χ4v) is 3.59. The fraction of sp³-hybridized carbons (Fsp3) is 0.588. The topological polar surface area (TPSA) is 94.8 Å². The fourth-order valence-electron chi connectivity index (χ4n) is 3.59. The molecule has 4 rings (SSSR count). The minimum atomic E-state index is -0.166. The number of aryl methyl sites for hydroxylation is 1. The molecule has 0 aromatic carbocycles. The zero-order valence-electron chi connectivity index (χ0n) is 14.1. The Morgan fingerprint density at radius 1 is 1.16 bits per heavy atom. The number of rotatable bonds is 3. The highest BCUT2D eigenvalue weighted by atomic mass is 16.5. The van der Waals surface area contributed by atoms with Crippen LogP contribution in [0.3, 0.4) is 0 Å². The van der Waals surface area contributed by atoms with Crippen LogP contribution in [0.25, 0.3) is 0 Å². The van der Waals surface area contributed by atoms with Gasteiger partial charge in [0, 0.05) is 50.5 Å². The van der Waals surface area contributed by atoms with E-state index in [1.54, 1.807) is 6.20 Å². The third-order valence-corrected chi connectivity index (χ3v) is 4.99. The van der Waals surface area contributed by atoms with Crippen LogP contribution in [0.1, 0.15) is 53.7 Å². The molecule has 1 N–H and O–H groups in total. The van der Waals surface area contributed by atoms with E-state index in [0.29, 0.717) is 11.6 Å². The van der Waals surface area contributed by atoms with Crippen molar-refractivity contribution in [2.24, 2.45) is 0 Å². The predicted octanol–water partition coefficient (Wildman–Crippen LogP) is 1.10. The number of nitrogens with one attached hydrogen (secondary N) is 1. The molecule has 0 radical (unpaired) electrons. The summed E-state index contributed by atoms with van der Waals surface area (Å²) in [6.45, 7) is 2.42. The van der Waals surface area contributed by atoms with E-state index in [9.17, 15) is 4.79 Å². The number of amides is 1. The first-order valence-corrected chi connectivity index (χ1v) is 8.88. The SMILES string of the molecule is O=C(NC1CCc2nnc(C3CCOCC3)n2CC1)c1cnccn1. The van der Waals surface area contributed by atoms with E-state index in [1.165, 1.54) is 12.4 Å². The van der Waals surface area contributed by atoms with Crippen LogP contribution in [0.15, 0.2) is 18.6 Å². The summed E-state index contributed by atoms with van der Waals surface area (Å²) in [5.41, 5.74) is 0.356. The Hall–Kier alpha value is -2.35.